The fraction of sp³-hybridized carbons (Fsp3) is 0.700. The van der Waals surface area contributed by atoms with Crippen LogP contribution in [0.5, 0.6) is 0 Å². The highest BCUT2D eigenvalue weighted by atomic mass is 16.5. The van der Waals surface area contributed by atoms with Gasteiger partial charge in [0.05, 0.1) is 11.3 Å². The number of hydrogen-bond donors (Lipinski definition) is 2. The highest BCUT2D eigenvalue weighted by Crippen LogP contribution is 2.21. The summed E-state index contributed by atoms with van der Waals surface area (Å²) in [6, 6.07) is 1.92. The molecule has 0 aromatic carbocycles. The van der Waals surface area contributed by atoms with Crippen molar-refractivity contribution in [3.05, 3.63) is 17.5 Å². The van der Waals surface area contributed by atoms with Crippen LogP contribution in [-0.4, -0.2) is 29.0 Å². The lowest BCUT2D eigenvalue weighted by molar-refractivity contribution is 0.0508. The first-order valence-corrected chi connectivity index (χ1v) is 5.03. The molecule has 14 heavy (non-hydrogen) atoms. The Morgan fingerprint density at radius 1 is 1.71 bits per heavy atom. The molecule has 1 aliphatic rings. The van der Waals surface area contributed by atoms with Gasteiger partial charge >= 0.3 is 0 Å². The fourth-order valence-corrected chi connectivity index (χ4v) is 1.83. The van der Waals surface area contributed by atoms with Gasteiger partial charge in [-0.05, 0) is 26.3 Å². The zero-order valence-electron chi connectivity index (χ0n) is 8.42. The molecule has 1 aromatic rings. The molecular weight excluding hydrogens is 180 g/mol. The molecule has 0 spiro atoms. The average Bonchev–Trinajstić information content (AvgIpc) is 2.73. The Morgan fingerprint density at radius 3 is 3.14 bits per heavy atom. The second-order valence-corrected chi connectivity index (χ2v) is 4.09. The molecule has 2 rings (SSSR count). The first-order chi connectivity index (χ1) is 6.68. The molecule has 0 unspecified atom stereocenters. The summed E-state index contributed by atoms with van der Waals surface area (Å²) in [6.07, 6.45) is 2.34. The predicted molar refractivity (Wildman–Crippen MR) is 52.0 cm³/mol. The summed E-state index contributed by atoms with van der Waals surface area (Å²) in [5, 5.41) is 17.0. The molecule has 0 amide bonds. The van der Waals surface area contributed by atoms with Crippen LogP contribution in [-0.2, 0) is 6.42 Å². The van der Waals surface area contributed by atoms with Crippen LogP contribution in [0.15, 0.2) is 10.6 Å². The van der Waals surface area contributed by atoms with Crippen LogP contribution in [0.3, 0.4) is 0 Å². The van der Waals surface area contributed by atoms with Crippen molar-refractivity contribution in [2.24, 2.45) is 0 Å². The molecule has 4 heteroatoms. The molecule has 1 saturated heterocycles. The number of aliphatic hydroxyl groups is 1. The maximum Gasteiger partial charge on any atom is 0.137 e. The summed E-state index contributed by atoms with van der Waals surface area (Å²) in [5.41, 5.74) is 0.359. The Labute approximate surface area is 83.3 Å². The van der Waals surface area contributed by atoms with Crippen LogP contribution in [0.25, 0.3) is 0 Å². The lowest BCUT2D eigenvalue weighted by atomic mass is 9.96. The first-order valence-electron chi connectivity index (χ1n) is 5.03. The van der Waals surface area contributed by atoms with E-state index in [0.717, 1.165) is 37.3 Å². The monoisotopic (exact) mass is 196 g/mol. The number of rotatable bonds is 3. The van der Waals surface area contributed by atoms with Crippen molar-refractivity contribution in [1.82, 2.24) is 10.5 Å². The van der Waals surface area contributed by atoms with Crippen LogP contribution in [0, 0.1) is 6.92 Å². The second-order valence-electron chi connectivity index (χ2n) is 4.09. The van der Waals surface area contributed by atoms with E-state index < -0.39 is 5.60 Å². The number of aryl methyl sites for hydroxylation is 2. The van der Waals surface area contributed by atoms with E-state index in [-0.39, 0.29) is 0 Å². The van der Waals surface area contributed by atoms with Crippen molar-refractivity contribution >= 4 is 0 Å². The number of nitrogens with one attached hydrogen (secondary N) is 1. The summed E-state index contributed by atoms with van der Waals surface area (Å²) < 4.78 is 5.09. The first kappa shape index (κ1) is 9.68. The number of nitrogens with zero attached hydrogens (tertiary/aromatic N) is 1. The lowest BCUT2D eigenvalue weighted by Gasteiger charge is -2.19. The molecule has 1 atom stereocenters. The average molecular weight is 196 g/mol. The van der Waals surface area contributed by atoms with Gasteiger partial charge in [0.1, 0.15) is 5.76 Å². The highest BCUT2D eigenvalue weighted by Gasteiger charge is 2.30. The SMILES string of the molecule is Cc1cc(CC[C@]2(O)CCNC2)on1. The standard InChI is InChI=1S/C10H16N2O2/c1-8-6-9(14-12-8)2-3-10(13)4-5-11-7-10/h6,11,13H,2-5,7H2,1H3/t10-/m0/s1. The van der Waals surface area contributed by atoms with Gasteiger partial charge in [-0.3, -0.25) is 0 Å². The minimum absolute atomic E-state index is 0.541. The smallest absolute Gasteiger partial charge is 0.137 e. The third kappa shape index (κ3) is 2.13. The van der Waals surface area contributed by atoms with Crippen LogP contribution >= 0.6 is 0 Å². The number of β-amino-alcohol motifs (C(OH)–C–C–N with tert-alkyl or cyclic N) is 1. The van der Waals surface area contributed by atoms with E-state index in [4.69, 9.17) is 4.52 Å². The minimum Gasteiger partial charge on any atom is -0.389 e. The molecule has 78 valence electrons. The minimum atomic E-state index is -0.541. The Morgan fingerprint density at radius 2 is 2.57 bits per heavy atom. The van der Waals surface area contributed by atoms with Crippen LogP contribution in [0.2, 0.25) is 0 Å². The highest BCUT2D eigenvalue weighted by molar-refractivity contribution is 5.04. The third-order valence-electron chi connectivity index (χ3n) is 2.73. The summed E-state index contributed by atoms with van der Waals surface area (Å²) in [6.45, 7) is 3.50. The molecule has 0 saturated carbocycles. The van der Waals surface area contributed by atoms with Crippen molar-refractivity contribution in [2.45, 2.75) is 31.8 Å². The van der Waals surface area contributed by atoms with E-state index in [1.807, 2.05) is 13.0 Å². The lowest BCUT2D eigenvalue weighted by Crippen LogP contribution is -2.31. The molecule has 2 heterocycles. The Balaban J connectivity index is 1.87. The van der Waals surface area contributed by atoms with Crippen LogP contribution in [0.4, 0.5) is 0 Å². The molecule has 2 N–H and O–H groups in total. The molecule has 0 bridgehead atoms. The second kappa shape index (κ2) is 3.71. The Bertz CT molecular complexity index is 303. The van der Waals surface area contributed by atoms with E-state index in [1.54, 1.807) is 0 Å². The topological polar surface area (TPSA) is 58.3 Å². The summed E-state index contributed by atoms with van der Waals surface area (Å²) in [4.78, 5) is 0. The number of aromatic nitrogens is 1. The largest absolute Gasteiger partial charge is 0.389 e. The number of hydrogen-bond acceptors (Lipinski definition) is 4. The third-order valence-corrected chi connectivity index (χ3v) is 2.73. The van der Waals surface area contributed by atoms with Gasteiger partial charge < -0.3 is 14.9 Å². The van der Waals surface area contributed by atoms with E-state index in [0.29, 0.717) is 6.54 Å². The van der Waals surface area contributed by atoms with Gasteiger partial charge in [-0.15, -0.1) is 0 Å². The zero-order chi connectivity index (χ0) is 10.0. The predicted octanol–water partition coefficient (Wildman–Crippen LogP) is 0.640. The fourth-order valence-electron chi connectivity index (χ4n) is 1.83. The molecule has 1 aliphatic heterocycles. The molecule has 0 aliphatic carbocycles. The van der Waals surface area contributed by atoms with Crippen LogP contribution < -0.4 is 5.32 Å². The van der Waals surface area contributed by atoms with Crippen LogP contribution in [0.1, 0.15) is 24.3 Å². The summed E-state index contributed by atoms with van der Waals surface area (Å²) in [5.74, 6) is 0.864. The van der Waals surface area contributed by atoms with Crippen molar-refractivity contribution < 1.29 is 9.63 Å². The summed E-state index contributed by atoms with van der Waals surface area (Å²) in [7, 11) is 0. The molecule has 4 nitrogen and oxygen atoms in total. The molecule has 1 fully saturated rings. The van der Waals surface area contributed by atoms with Crippen molar-refractivity contribution in [3.63, 3.8) is 0 Å². The Kier molecular flexibility index (Phi) is 2.56. The zero-order valence-corrected chi connectivity index (χ0v) is 8.42. The van der Waals surface area contributed by atoms with E-state index in [2.05, 4.69) is 10.5 Å². The van der Waals surface area contributed by atoms with Gasteiger partial charge in [0, 0.05) is 19.0 Å². The summed E-state index contributed by atoms with van der Waals surface area (Å²) >= 11 is 0. The Hall–Kier alpha value is -0.870. The van der Waals surface area contributed by atoms with Crippen molar-refractivity contribution in [1.29, 1.82) is 0 Å². The maximum atomic E-state index is 10.0. The van der Waals surface area contributed by atoms with Gasteiger partial charge in [0.25, 0.3) is 0 Å². The van der Waals surface area contributed by atoms with Gasteiger partial charge in [-0.25, -0.2) is 0 Å². The molecular formula is C10H16N2O2. The van der Waals surface area contributed by atoms with E-state index in [9.17, 15) is 5.11 Å². The van der Waals surface area contributed by atoms with E-state index >= 15 is 0 Å². The molecule has 0 radical (unpaired) electrons. The van der Waals surface area contributed by atoms with Gasteiger partial charge in [-0.2, -0.15) is 0 Å². The quantitative estimate of drug-likeness (QED) is 0.745. The molecule has 1 aromatic heterocycles. The van der Waals surface area contributed by atoms with Crippen molar-refractivity contribution in [2.75, 3.05) is 13.1 Å². The van der Waals surface area contributed by atoms with Crippen molar-refractivity contribution in [3.8, 4) is 0 Å². The van der Waals surface area contributed by atoms with Gasteiger partial charge in [0.15, 0.2) is 0 Å². The maximum absolute atomic E-state index is 10.0. The van der Waals surface area contributed by atoms with E-state index in [1.165, 1.54) is 0 Å². The van der Waals surface area contributed by atoms with Gasteiger partial charge in [0.2, 0.25) is 0 Å². The normalized spacial score (nSPS) is 27.0. The van der Waals surface area contributed by atoms with Gasteiger partial charge in [-0.1, -0.05) is 5.16 Å².